The zero-order valence-corrected chi connectivity index (χ0v) is 14.8. The molecule has 1 aromatic heterocycles. The summed E-state index contributed by atoms with van der Waals surface area (Å²) in [6.45, 7) is 8.36. The summed E-state index contributed by atoms with van der Waals surface area (Å²) in [7, 11) is 0. The van der Waals surface area contributed by atoms with Gasteiger partial charge in [-0.1, -0.05) is 19.9 Å². The van der Waals surface area contributed by atoms with E-state index in [4.69, 9.17) is 9.26 Å². The Morgan fingerprint density at radius 3 is 2.76 bits per heavy atom. The highest BCUT2D eigenvalue weighted by molar-refractivity contribution is 6.08. The Hall–Kier alpha value is -2.22. The van der Waals surface area contributed by atoms with Gasteiger partial charge in [0.1, 0.15) is 0 Å². The Kier molecular flexibility index (Phi) is 3.50. The number of morpholine rings is 1. The van der Waals surface area contributed by atoms with Crippen molar-refractivity contribution in [3.8, 4) is 0 Å². The van der Waals surface area contributed by atoms with Crippen LogP contribution in [0.3, 0.4) is 0 Å². The van der Waals surface area contributed by atoms with Crippen molar-refractivity contribution in [3.63, 3.8) is 0 Å². The molecular weight excluding hydrogens is 324 g/mol. The summed E-state index contributed by atoms with van der Waals surface area (Å²) in [5, 5.41) is 6.48. The summed E-state index contributed by atoms with van der Waals surface area (Å²) in [6.07, 6.45) is 2.19. The van der Waals surface area contributed by atoms with E-state index in [1.54, 1.807) is 19.9 Å². The maximum Gasteiger partial charge on any atom is 0.266 e. The van der Waals surface area contributed by atoms with Crippen LogP contribution in [0.1, 0.15) is 33.1 Å². The minimum absolute atomic E-state index is 0.0510. The molecule has 4 rings (SSSR count). The molecule has 4 heterocycles. The van der Waals surface area contributed by atoms with E-state index in [9.17, 15) is 9.59 Å². The number of hydrogen-bond donors (Lipinski definition) is 1. The third kappa shape index (κ3) is 2.23. The van der Waals surface area contributed by atoms with Crippen LogP contribution in [0, 0.1) is 18.8 Å². The molecule has 0 spiro atoms. The fourth-order valence-electron chi connectivity index (χ4n) is 4.44. The second-order valence-electron chi connectivity index (χ2n) is 7.22. The van der Waals surface area contributed by atoms with E-state index >= 15 is 0 Å². The molecule has 0 radical (unpaired) electrons. The number of aromatic nitrogens is 2. The van der Waals surface area contributed by atoms with Crippen LogP contribution in [0.15, 0.2) is 16.2 Å². The van der Waals surface area contributed by atoms with Crippen LogP contribution in [-0.4, -0.2) is 46.2 Å². The van der Waals surface area contributed by atoms with Crippen molar-refractivity contribution in [2.24, 2.45) is 11.8 Å². The Labute approximate surface area is 145 Å². The molecule has 2 saturated heterocycles. The first-order valence-electron chi connectivity index (χ1n) is 8.64. The van der Waals surface area contributed by atoms with E-state index in [-0.39, 0.29) is 35.5 Å². The number of rotatable bonds is 3. The predicted octanol–water partition coefficient (Wildman–Crippen LogP) is 0.969. The van der Waals surface area contributed by atoms with Crippen molar-refractivity contribution in [2.75, 3.05) is 11.4 Å². The zero-order chi connectivity index (χ0) is 17.9. The molecule has 134 valence electrons. The number of nitrogens with zero attached hydrogens (tertiary/aromatic N) is 3. The first-order valence-corrected chi connectivity index (χ1v) is 8.64. The maximum absolute atomic E-state index is 12.4. The third-order valence-electron chi connectivity index (χ3n) is 5.90. The van der Waals surface area contributed by atoms with Gasteiger partial charge in [0.2, 0.25) is 11.8 Å². The summed E-state index contributed by atoms with van der Waals surface area (Å²) in [6, 6.07) is -0.0510. The lowest BCUT2D eigenvalue weighted by Crippen LogP contribution is -2.55. The number of ether oxygens (including phenoxy) is 1. The van der Waals surface area contributed by atoms with Gasteiger partial charge in [-0.3, -0.25) is 14.9 Å². The Morgan fingerprint density at radius 2 is 2.16 bits per heavy atom. The highest BCUT2D eigenvalue weighted by Gasteiger charge is 2.63. The van der Waals surface area contributed by atoms with E-state index in [1.807, 2.05) is 0 Å². The van der Waals surface area contributed by atoms with Crippen LogP contribution in [0.2, 0.25) is 0 Å². The summed E-state index contributed by atoms with van der Waals surface area (Å²) < 4.78 is 11.6. The molecule has 8 heteroatoms. The van der Waals surface area contributed by atoms with E-state index in [0.29, 0.717) is 24.0 Å². The molecule has 1 N–H and O–H groups in total. The van der Waals surface area contributed by atoms with Crippen molar-refractivity contribution in [3.05, 3.63) is 17.5 Å². The van der Waals surface area contributed by atoms with E-state index in [0.717, 1.165) is 6.42 Å². The highest BCUT2D eigenvalue weighted by atomic mass is 16.5. The van der Waals surface area contributed by atoms with Gasteiger partial charge in [0, 0.05) is 18.4 Å². The van der Waals surface area contributed by atoms with Crippen LogP contribution in [0.5, 0.6) is 0 Å². The number of imide groups is 1. The lowest BCUT2D eigenvalue weighted by molar-refractivity contribution is -0.138. The van der Waals surface area contributed by atoms with Gasteiger partial charge in [-0.15, -0.1) is 0 Å². The molecule has 2 bridgehead atoms. The monoisotopic (exact) mass is 346 g/mol. The van der Waals surface area contributed by atoms with Gasteiger partial charge in [0.05, 0.1) is 30.2 Å². The molecule has 25 heavy (non-hydrogen) atoms. The van der Waals surface area contributed by atoms with Gasteiger partial charge < -0.3 is 14.2 Å². The van der Waals surface area contributed by atoms with Crippen molar-refractivity contribution >= 4 is 17.8 Å². The second-order valence-corrected chi connectivity index (χ2v) is 7.22. The summed E-state index contributed by atoms with van der Waals surface area (Å²) >= 11 is 0. The van der Waals surface area contributed by atoms with Gasteiger partial charge in [-0.25, -0.2) is 0 Å². The molecule has 5 atom stereocenters. The van der Waals surface area contributed by atoms with E-state index in [1.165, 1.54) is 0 Å². The molecule has 2 fully saturated rings. The average molecular weight is 346 g/mol. The Balaban J connectivity index is 1.72. The number of nitrogens with one attached hydrogen (secondary N) is 1. The van der Waals surface area contributed by atoms with Gasteiger partial charge >= 0.3 is 0 Å². The quantitative estimate of drug-likeness (QED) is 0.814. The summed E-state index contributed by atoms with van der Waals surface area (Å²) in [5.74, 6) is 0.0927. The highest BCUT2D eigenvalue weighted by Crippen LogP contribution is 2.51. The average Bonchev–Trinajstić information content (AvgIpc) is 3.21. The van der Waals surface area contributed by atoms with E-state index in [2.05, 4.69) is 34.2 Å². The summed E-state index contributed by atoms with van der Waals surface area (Å²) in [5.41, 5.74) is 0.184. The molecule has 2 amide bonds. The van der Waals surface area contributed by atoms with Gasteiger partial charge in [0.15, 0.2) is 0 Å². The lowest BCUT2D eigenvalue weighted by Gasteiger charge is -2.39. The molecular formula is C17H22N4O4. The van der Waals surface area contributed by atoms with Crippen LogP contribution >= 0.6 is 0 Å². The van der Waals surface area contributed by atoms with Crippen LogP contribution in [0.25, 0.3) is 0 Å². The Bertz CT molecular complexity index is 772. The molecule has 0 aromatic carbocycles. The topological polar surface area (TPSA) is 97.6 Å². The van der Waals surface area contributed by atoms with Crippen LogP contribution < -0.4 is 10.2 Å². The van der Waals surface area contributed by atoms with Gasteiger partial charge in [0.25, 0.3) is 11.9 Å². The number of aryl methyl sites for hydroxylation is 1. The molecule has 0 saturated carbocycles. The number of amides is 2. The lowest BCUT2D eigenvalue weighted by atomic mass is 9.84. The molecule has 1 aromatic rings. The normalized spacial score (nSPS) is 37.4. The second kappa shape index (κ2) is 5.39. The Morgan fingerprint density at radius 1 is 1.40 bits per heavy atom. The molecule has 1 unspecified atom stereocenters. The molecule has 0 aliphatic carbocycles. The predicted molar refractivity (Wildman–Crippen MR) is 87.6 cm³/mol. The fraction of sp³-hybridized carbons (Fsp3) is 0.647. The minimum atomic E-state index is -0.505. The SMILES string of the molecule is CC[C@@]12CN(c3noc(C)n3)[C@@H]([C@H](C3C=C(C)C(=O)NC3=O)O1)[C@@H]2C. The molecule has 3 aliphatic rings. The first kappa shape index (κ1) is 16.3. The smallest absolute Gasteiger partial charge is 0.266 e. The molecule has 8 nitrogen and oxygen atoms in total. The number of carbonyl (C=O) groups excluding carboxylic acids is 2. The summed E-state index contributed by atoms with van der Waals surface area (Å²) in [4.78, 5) is 30.6. The number of anilines is 1. The number of hydrogen-bond acceptors (Lipinski definition) is 7. The van der Waals surface area contributed by atoms with Crippen LogP contribution in [-0.2, 0) is 14.3 Å². The minimum Gasteiger partial charge on any atom is -0.366 e. The number of fused-ring (bicyclic) bond motifs is 2. The third-order valence-corrected chi connectivity index (χ3v) is 5.90. The van der Waals surface area contributed by atoms with Crippen molar-refractivity contribution < 1.29 is 18.8 Å². The van der Waals surface area contributed by atoms with Gasteiger partial charge in [-0.05, 0) is 18.5 Å². The number of carbonyl (C=O) groups is 2. The van der Waals surface area contributed by atoms with Crippen molar-refractivity contribution in [2.45, 2.75) is 51.9 Å². The van der Waals surface area contributed by atoms with Crippen molar-refractivity contribution in [1.29, 1.82) is 0 Å². The maximum atomic E-state index is 12.4. The molecule has 3 aliphatic heterocycles. The standard InChI is InChI=1S/C17H22N4O4/c1-5-17-7-21(16-18-10(4)25-20-16)12(9(17)3)13(24-17)11-6-8(2)14(22)19-15(11)23/h6,9,11-13H,5,7H2,1-4H3,(H,19,22,23)/t9-,11?,12+,13-,17-/m0/s1. The van der Waals surface area contributed by atoms with E-state index < -0.39 is 5.92 Å². The van der Waals surface area contributed by atoms with Gasteiger partial charge in [-0.2, -0.15) is 4.98 Å². The van der Waals surface area contributed by atoms with Crippen LogP contribution in [0.4, 0.5) is 5.95 Å². The zero-order valence-electron chi connectivity index (χ0n) is 14.8. The fourth-order valence-corrected chi connectivity index (χ4v) is 4.44. The van der Waals surface area contributed by atoms with Crippen molar-refractivity contribution in [1.82, 2.24) is 15.5 Å². The largest absolute Gasteiger partial charge is 0.366 e. The first-order chi connectivity index (χ1) is 11.9.